The van der Waals surface area contributed by atoms with E-state index >= 15 is 0 Å². The zero-order chi connectivity index (χ0) is 12.3. The van der Waals surface area contributed by atoms with Gasteiger partial charge in [0.15, 0.2) is 0 Å². The Kier molecular flexibility index (Phi) is 4.47. The summed E-state index contributed by atoms with van der Waals surface area (Å²) in [6.45, 7) is 5.38. The summed E-state index contributed by atoms with van der Waals surface area (Å²) in [7, 11) is 0. The highest BCUT2D eigenvalue weighted by Gasteiger charge is 2.32. The summed E-state index contributed by atoms with van der Waals surface area (Å²) in [6, 6.07) is 0.591. The van der Waals surface area contributed by atoms with Gasteiger partial charge in [-0.2, -0.15) is 0 Å². The van der Waals surface area contributed by atoms with Crippen LogP contribution in [0.2, 0.25) is 0 Å². The molecule has 2 aliphatic carbocycles. The molecule has 17 heavy (non-hydrogen) atoms. The molecule has 0 N–H and O–H groups in total. The minimum atomic E-state index is 0.424. The third-order valence-electron chi connectivity index (χ3n) is 4.11. The summed E-state index contributed by atoms with van der Waals surface area (Å²) in [6.07, 6.45) is 9.91. The van der Waals surface area contributed by atoms with Crippen molar-refractivity contribution >= 4 is 5.91 Å². The van der Waals surface area contributed by atoms with Gasteiger partial charge < -0.3 is 4.90 Å². The third-order valence-corrected chi connectivity index (χ3v) is 4.11. The molecule has 98 valence electrons. The van der Waals surface area contributed by atoms with Crippen molar-refractivity contribution in [1.82, 2.24) is 4.90 Å². The van der Waals surface area contributed by atoms with Gasteiger partial charge in [0.05, 0.1) is 0 Å². The van der Waals surface area contributed by atoms with Crippen molar-refractivity contribution in [3.8, 4) is 0 Å². The van der Waals surface area contributed by atoms with Gasteiger partial charge >= 0.3 is 0 Å². The van der Waals surface area contributed by atoms with Gasteiger partial charge in [0.25, 0.3) is 0 Å². The first-order valence-electron chi connectivity index (χ1n) is 7.46. The van der Waals surface area contributed by atoms with Crippen LogP contribution in [-0.4, -0.2) is 23.4 Å². The van der Waals surface area contributed by atoms with Gasteiger partial charge in [0.1, 0.15) is 0 Å². The molecule has 0 aromatic heterocycles. The van der Waals surface area contributed by atoms with Gasteiger partial charge in [0, 0.05) is 19.0 Å². The molecule has 0 bridgehead atoms. The second-order valence-corrected chi connectivity index (χ2v) is 6.36. The minimum absolute atomic E-state index is 0.424. The molecule has 1 amide bonds. The highest BCUT2D eigenvalue weighted by atomic mass is 16.2. The topological polar surface area (TPSA) is 20.3 Å². The molecule has 0 radical (unpaired) electrons. The standard InChI is InChI=1S/C15H27NO/c1-12(2)11-16(14-8-9-14)15(17)10-7-13-5-3-4-6-13/h12-14H,3-11H2,1-2H3. The maximum Gasteiger partial charge on any atom is 0.222 e. The largest absolute Gasteiger partial charge is 0.339 e. The second-order valence-electron chi connectivity index (χ2n) is 6.36. The lowest BCUT2D eigenvalue weighted by Gasteiger charge is -2.25. The zero-order valence-corrected chi connectivity index (χ0v) is 11.5. The third kappa shape index (κ3) is 4.01. The van der Waals surface area contributed by atoms with Gasteiger partial charge in [-0.05, 0) is 31.1 Å². The predicted octanol–water partition coefficient (Wildman–Crippen LogP) is 3.60. The minimum Gasteiger partial charge on any atom is -0.339 e. The monoisotopic (exact) mass is 237 g/mol. The van der Waals surface area contributed by atoms with Crippen LogP contribution in [0.1, 0.15) is 65.2 Å². The van der Waals surface area contributed by atoms with Crippen LogP contribution in [0.15, 0.2) is 0 Å². The summed E-state index contributed by atoms with van der Waals surface area (Å²) in [4.78, 5) is 14.4. The smallest absolute Gasteiger partial charge is 0.222 e. The Bertz CT molecular complexity index is 252. The molecule has 2 heteroatoms. The number of nitrogens with zero attached hydrogens (tertiary/aromatic N) is 1. The van der Waals surface area contributed by atoms with E-state index in [2.05, 4.69) is 18.7 Å². The second kappa shape index (κ2) is 5.88. The molecular weight excluding hydrogens is 210 g/mol. The number of hydrogen-bond donors (Lipinski definition) is 0. The molecule has 0 spiro atoms. The van der Waals surface area contributed by atoms with Gasteiger partial charge in [0.2, 0.25) is 5.91 Å². The molecule has 2 aliphatic rings. The van der Waals surface area contributed by atoms with Crippen LogP contribution in [0.5, 0.6) is 0 Å². The number of carbonyl (C=O) groups excluding carboxylic acids is 1. The number of amides is 1. The first-order valence-corrected chi connectivity index (χ1v) is 7.46. The van der Waals surface area contributed by atoms with Crippen molar-refractivity contribution in [1.29, 1.82) is 0 Å². The van der Waals surface area contributed by atoms with Crippen LogP contribution < -0.4 is 0 Å². The predicted molar refractivity (Wildman–Crippen MR) is 70.8 cm³/mol. The first-order chi connectivity index (χ1) is 8.16. The molecular formula is C15H27NO. The Labute approximate surface area is 106 Å². The molecule has 0 atom stereocenters. The Morgan fingerprint density at radius 1 is 1.18 bits per heavy atom. The van der Waals surface area contributed by atoms with Crippen LogP contribution in [0.3, 0.4) is 0 Å². The Morgan fingerprint density at radius 3 is 2.35 bits per heavy atom. The van der Waals surface area contributed by atoms with E-state index in [1.807, 2.05) is 0 Å². The van der Waals surface area contributed by atoms with Crippen LogP contribution >= 0.6 is 0 Å². The van der Waals surface area contributed by atoms with E-state index in [0.717, 1.165) is 25.3 Å². The molecule has 0 aromatic carbocycles. The summed E-state index contributed by atoms with van der Waals surface area (Å²) in [5, 5.41) is 0. The fourth-order valence-electron chi connectivity index (χ4n) is 3.00. The summed E-state index contributed by atoms with van der Waals surface area (Å²) < 4.78 is 0. The van der Waals surface area contributed by atoms with E-state index < -0.39 is 0 Å². The highest BCUT2D eigenvalue weighted by molar-refractivity contribution is 5.76. The molecule has 0 aliphatic heterocycles. The van der Waals surface area contributed by atoms with Crippen LogP contribution in [0.4, 0.5) is 0 Å². The summed E-state index contributed by atoms with van der Waals surface area (Å²) in [5.41, 5.74) is 0. The van der Waals surface area contributed by atoms with Gasteiger partial charge in [-0.3, -0.25) is 4.79 Å². The van der Waals surface area contributed by atoms with Crippen molar-refractivity contribution in [2.45, 2.75) is 71.3 Å². The molecule has 0 heterocycles. The first kappa shape index (κ1) is 12.9. The molecule has 2 saturated carbocycles. The molecule has 0 aromatic rings. The van der Waals surface area contributed by atoms with Crippen LogP contribution in [-0.2, 0) is 4.79 Å². The summed E-state index contributed by atoms with van der Waals surface area (Å²) in [5.74, 6) is 1.87. The maximum atomic E-state index is 12.2. The van der Waals surface area contributed by atoms with Crippen molar-refractivity contribution in [3.63, 3.8) is 0 Å². The quantitative estimate of drug-likeness (QED) is 0.691. The highest BCUT2D eigenvalue weighted by Crippen LogP contribution is 2.31. The van der Waals surface area contributed by atoms with Crippen molar-refractivity contribution in [3.05, 3.63) is 0 Å². The number of carbonyl (C=O) groups is 1. The van der Waals surface area contributed by atoms with Crippen LogP contribution in [0, 0.1) is 11.8 Å². The van der Waals surface area contributed by atoms with E-state index in [1.165, 1.54) is 38.5 Å². The molecule has 0 unspecified atom stereocenters. The molecule has 0 saturated heterocycles. The Hall–Kier alpha value is -0.530. The van der Waals surface area contributed by atoms with Crippen LogP contribution in [0.25, 0.3) is 0 Å². The maximum absolute atomic E-state index is 12.2. The van der Waals surface area contributed by atoms with Gasteiger partial charge in [-0.15, -0.1) is 0 Å². The van der Waals surface area contributed by atoms with E-state index in [-0.39, 0.29) is 0 Å². The van der Waals surface area contributed by atoms with Gasteiger partial charge in [-0.1, -0.05) is 39.5 Å². The van der Waals surface area contributed by atoms with Crippen molar-refractivity contribution in [2.75, 3.05) is 6.54 Å². The average molecular weight is 237 g/mol. The van der Waals surface area contributed by atoms with Gasteiger partial charge in [-0.25, -0.2) is 0 Å². The number of rotatable bonds is 6. The lowest BCUT2D eigenvalue weighted by atomic mass is 10.0. The SMILES string of the molecule is CC(C)CN(C(=O)CCC1CCCC1)C1CC1. The fraction of sp³-hybridized carbons (Fsp3) is 0.933. The lowest BCUT2D eigenvalue weighted by molar-refractivity contribution is -0.132. The van der Waals surface area contributed by atoms with Crippen molar-refractivity contribution < 1.29 is 4.79 Å². The molecule has 2 rings (SSSR count). The average Bonchev–Trinajstić information content (AvgIpc) is 2.99. The van der Waals surface area contributed by atoms with E-state index in [4.69, 9.17) is 0 Å². The zero-order valence-electron chi connectivity index (χ0n) is 11.5. The summed E-state index contributed by atoms with van der Waals surface area (Å²) >= 11 is 0. The fourth-order valence-corrected chi connectivity index (χ4v) is 3.00. The van der Waals surface area contributed by atoms with E-state index in [0.29, 0.717) is 17.9 Å². The normalized spacial score (nSPS) is 21.1. The molecule has 2 nitrogen and oxygen atoms in total. The lowest BCUT2D eigenvalue weighted by Crippen LogP contribution is -2.36. The molecule has 2 fully saturated rings. The Morgan fingerprint density at radius 2 is 1.82 bits per heavy atom. The Balaban J connectivity index is 1.75. The number of hydrogen-bond acceptors (Lipinski definition) is 1. The van der Waals surface area contributed by atoms with E-state index in [1.54, 1.807) is 0 Å². The van der Waals surface area contributed by atoms with E-state index in [9.17, 15) is 4.79 Å². The van der Waals surface area contributed by atoms with Crippen molar-refractivity contribution in [2.24, 2.45) is 11.8 Å².